The van der Waals surface area contributed by atoms with Crippen LogP contribution in [0.25, 0.3) is 22.2 Å². The fraction of sp³-hybridized carbons (Fsp3) is 0.286. The molecule has 0 saturated heterocycles. The summed E-state index contributed by atoms with van der Waals surface area (Å²) in [5.41, 5.74) is 3.83. The van der Waals surface area contributed by atoms with Gasteiger partial charge in [0, 0.05) is 29.6 Å². The number of aliphatic hydroxyl groups is 1. The van der Waals surface area contributed by atoms with Crippen LogP contribution in [0.3, 0.4) is 0 Å². The molecule has 0 bridgehead atoms. The molecule has 0 aliphatic heterocycles. The van der Waals surface area contributed by atoms with E-state index in [0.29, 0.717) is 12.3 Å². The minimum atomic E-state index is -0.579. The second kappa shape index (κ2) is 9.55. The highest BCUT2D eigenvalue weighted by atomic mass is 35.5. The molecule has 2 aromatic carbocycles. The number of nitrogens with one attached hydrogen (secondary N) is 1. The zero-order valence-electron chi connectivity index (χ0n) is 15.7. The van der Waals surface area contributed by atoms with Crippen LogP contribution in [0, 0.1) is 6.92 Å². The molecule has 1 atom stereocenters. The molecule has 27 heavy (non-hydrogen) atoms. The van der Waals surface area contributed by atoms with Gasteiger partial charge in [-0.1, -0.05) is 29.8 Å². The number of hydrogen-bond donors (Lipinski definition) is 2. The molecule has 2 N–H and O–H groups in total. The zero-order valence-corrected chi connectivity index (χ0v) is 16.5. The summed E-state index contributed by atoms with van der Waals surface area (Å²) in [4.78, 5) is 4.77. The largest absolute Gasteiger partial charge is 0.497 e. The van der Waals surface area contributed by atoms with Crippen molar-refractivity contribution in [2.75, 3.05) is 27.3 Å². The van der Waals surface area contributed by atoms with Crippen LogP contribution in [0.1, 0.15) is 5.56 Å². The van der Waals surface area contributed by atoms with Gasteiger partial charge in [-0.15, -0.1) is 12.4 Å². The smallest absolute Gasteiger partial charge is 0.131 e. The second-order valence-electron chi connectivity index (χ2n) is 6.28. The summed E-state index contributed by atoms with van der Waals surface area (Å²) in [6.07, 6.45) is -0.579. The maximum absolute atomic E-state index is 9.96. The Labute approximate surface area is 165 Å². The van der Waals surface area contributed by atoms with E-state index >= 15 is 0 Å². The molecule has 1 heterocycles. The van der Waals surface area contributed by atoms with E-state index in [-0.39, 0.29) is 19.0 Å². The third kappa shape index (κ3) is 5.10. The Kier molecular flexibility index (Phi) is 7.42. The fourth-order valence-corrected chi connectivity index (χ4v) is 2.78. The van der Waals surface area contributed by atoms with Crippen molar-refractivity contribution in [3.63, 3.8) is 0 Å². The lowest BCUT2D eigenvalue weighted by atomic mass is 10.1. The number of aliphatic hydroxyl groups excluding tert-OH is 1. The van der Waals surface area contributed by atoms with Crippen molar-refractivity contribution in [3.8, 4) is 22.8 Å². The summed E-state index contributed by atoms with van der Waals surface area (Å²) in [5, 5.41) is 13.8. The van der Waals surface area contributed by atoms with E-state index in [9.17, 15) is 5.11 Å². The molecular formula is C21H25ClN2O3. The Balaban J connectivity index is 0.00000261. The number of aromatic nitrogens is 1. The number of pyridine rings is 1. The Bertz CT molecular complexity index is 884. The molecule has 5 nitrogen and oxygen atoms in total. The highest BCUT2D eigenvalue weighted by Gasteiger charge is 2.12. The van der Waals surface area contributed by atoms with Gasteiger partial charge in [-0.3, -0.25) is 0 Å². The van der Waals surface area contributed by atoms with Crippen LogP contribution in [-0.2, 0) is 0 Å². The lowest BCUT2D eigenvalue weighted by molar-refractivity contribution is 0.109. The highest BCUT2D eigenvalue weighted by Crippen LogP contribution is 2.32. The first kappa shape index (κ1) is 21.0. The van der Waals surface area contributed by atoms with Crippen LogP contribution in [0.2, 0.25) is 0 Å². The lowest BCUT2D eigenvalue weighted by Gasteiger charge is -2.15. The van der Waals surface area contributed by atoms with Crippen molar-refractivity contribution in [2.45, 2.75) is 13.0 Å². The Morgan fingerprint density at radius 3 is 2.52 bits per heavy atom. The van der Waals surface area contributed by atoms with E-state index in [1.807, 2.05) is 36.4 Å². The van der Waals surface area contributed by atoms with Gasteiger partial charge in [0.05, 0.1) is 18.3 Å². The average molecular weight is 389 g/mol. The van der Waals surface area contributed by atoms with Gasteiger partial charge in [0.1, 0.15) is 24.2 Å². The quantitative estimate of drug-likeness (QED) is 0.647. The monoisotopic (exact) mass is 388 g/mol. The summed E-state index contributed by atoms with van der Waals surface area (Å²) in [5.74, 6) is 1.44. The summed E-state index contributed by atoms with van der Waals surface area (Å²) in [6, 6.07) is 15.8. The van der Waals surface area contributed by atoms with Crippen LogP contribution in [0.15, 0.2) is 48.5 Å². The van der Waals surface area contributed by atoms with Gasteiger partial charge >= 0.3 is 0 Å². The van der Waals surface area contributed by atoms with E-state index in [1.54, 1.807) is 14.2 Å². The molecular weight excluding hydrogens is 364 g/mol. The number of methoxy groups -OCH3 is 1. The van der Waals surface area contributed by atoms with Crippen molar-refractivity contribution < 1.29 is 14.6 Å². The standard InChI is InChI=1S/C21H24N2O3.ClH/c1-14-4-6-15(7-5-14)19-11-21(26-13-16(24)12-22-2)18-9-8-17(25-3)10-20(18)23-19;/h4-11,16,22,24H,12-13H2,1-3H3;1H/t16-;/m0./s1. The van der Waals surface area contributed by atoms with Gasteiger partial charge in [-0.2, -0.15) is 0 Å². The first-order valence-electron chi connectivity index (χ1n) is 8.62. The maximum Gasteiger partial charge on any atom is 0.131 e. The third-order valence-corrected chi connectivity index (χ3v) is 4.20. The fourth-order valence-electron chi connectivity index (χ4n) is 2.78. The predicted octanol–water partition coefficient (Wildman–Crippen LogP) is 3.60. The molecule has 0 unspecified atom stereocenters. The maximum atomic E-state index is 9.96. The van der Waals surface area contributed by atoms with E-state index in [2.05, 4.69) is 24.4 Å². The van der Waals surface area contributed by atoms with Gasteiger partial charge in [0.15, 0.2) is 0 Å². The first-order chi connectivity index (χ1) is 12.6. The number of halogens is 1. The lowest BCUT2D eigenvalue weighted by Crippen LogP contribution is -2.29. The van der Waals surface area contributed by atoms with Crippen LogP contribution in [0.4, 0.5) is 0 Å². The SMILES string of the molecule is CNC[C@H](O)COc1cc(-c2ccc(C)cc2)nc2cc(OC)ccc12.Cl. The van der Waals surface area contributed by atoms with E-state index in [0.717, 1.165) is 27.9 Å². The average Bonchev–Trinajstić information content (AvgIpc) is 2.66. The van der Waals surface area contributed by atoms with Gasteiger partial charge in [0.25, 0.3) is 0 Å². The molecule has 0 spiro atoms. The number of likely N-dealkylation sites (N-methyl/N-ethyl adjacent to an activating group) is 1. The number of ether oxygens (including phenoxy) is 2. The summed E-state index contributed by atoms with van der Waals surface area (Å²) >= 11 is 0. The molecule has 6 heteroatoms. The molecule has 3 rings (SSSR count). The van der Waals surface area contributed by atoms with Crippen molar-refractivity contribution in [3.05, 3.63) is 54.1 Å². The topological polar surface area (TPSA) is 63.6 Å². The minimum Gasteiger partial charge on any atom is -0.497 e. The number of fused-ring (bicyclic) bond motifs is 1. The number of aryl methyl sites for hydroxylation is 1. The normalized spacial score (nSPS) is 11.7. The molecule has 0 amide bonds. The van der Waals surface area contributed by atoms with Crippen molar-refractivity contribution in [1.29, 1.82) is 0 Å². The molecule has 0 aliphatic rings. The van der Waals surface area contributed by atoms with Crippen molar-refractivity contribution in [2.24, 2.45) is 0 Å². The van der Waals surface area contributed by atoms with Crippen molar-refractivity contribution in [1.82, 2.24) is 10.3 Å². The van der Waals surface area contributed by atoms with Crippen molar-refractivity contribution >= 4 is 23.3 Å². The van der Waals surface area contributed by atoms with Crippen LogP contribution < -0.4 is 14.8 Å². The summed E-state index contributed by atoms with van der Waals surface area (Å²) in [6.45, 7) is 2.74. The predicted molar refractivity (Wildman–Crippen MR) is 111 cm³/mol. The highest BCUT2D eigenvalue weighted by molar-refractivity contribution is 5.89. The molecule has 0 radical (unpaired) electrons. The van der Waals surface area contributed by atoms with E-state index < -0.39 is 6.10 Å². The number of rotatable bonds is 7. The number of benzene rings is 2. The van der Waals surface area contributed by atoms with Crippen LogP contribution >= 0.6 is 12.4 Å². The Hall–Kier alpha value is -2.34. The Morgan fingerprint density at radius 2 is 1.85 bits per heavy atom. The third-order valence-electron chi connectivity index (χ3n) is 4.20. The molecule has 0 fully saturated rings. The van der Waals surface area contributed by atoms with E-state index in [4.69, 9.17) is 14.5 Å². The molecule has 0 aliphatic carbocycles. The molecule has 3 aromatic rings. The molecule has 144 valence electrons. The van der Waals surface area contributed by atoms with Gasteiger partial charge in [-0.25, -0.2) is 4.98 Å². The second-order valence-corrected chi connectivity index (χ2v) is 6.28. The minimum absolute atomic E-state index is 0. The summed E-state index contributed by atoms with van der Waals surface area (Å²) < 4.78 is 11.2. The van der Waals surface area contributed by atoms with Gasteiger partial charge in [0.2, 0.25) is 0 Å². The number of hydrogen-bond acceptors (Lipinski definition) is 5. The summed E-state index contributed by atoms with van der Waals surface area (Å²) in [7, 11) is 3.43. The van der Waals surface area contributed by atoms with E-state index in [1.165, 1.54) is 5.56 Å². The first-order valence-corrected chi connectivity index (χ1v) is 8.62. The van der Waals surface area contributed by atoms with Gasteiger partial charge < -0.3 is 19.9 Å². The van der Waals surface area contributed by atoms with Gasteiger partial charge in [-0.05, 0) is 26.1 Å². The van der Waals surface area contributed by atoms with Crippen LogP contribution in [-0.4, -0.2) is 43.5 Å². The molecule has 0 saturated carbocycles. The number of nitrogens with zero attached hydrogens (tertiary/aromatic N) is 1. The molecule has 1 aromatic heterocycles. The Morgan fingerprint density at radius 1 is 1.11 bits per heavy atom. The van der Waals surface area contributed by atoms with Crippen LogP contribution in [0.5, 0.6) is 11.5 Å². The zero-order chi connectivity index (χ0) is 18.5.